The molecule has 0 spiro atoms. The molecule has 0 saturated carbocycles. The first-order valence-electron chi connectivity index (χ1n) is 9.01. The smallest absolute Gasteiger partial charge is 0.0668 e. The maximum absolute atomic E-state index is 5.90. The molecule has 0 unspecified atom stereocenters. The van der Waals surface area contributed by atoms with Gasteiger partial charge in [-0.2, -0.15) is 0 Å². The summed E-state index contributed by atoms with van der Waals surface area (Å²) >= 11 is 0. The van der Waals surface area contributed by atoms with Crippen LogP contribution in [0.15, 0.2) is 109 Å². The summed E-state index contributed by atoms with van der Waals surface area (Å²) in [6.07, 6.45) is 7.81. The van der Waals surface area contributed by atoms with Gasteiger partial charge in [-0.15, -0.1) is 0 Å². The molecule has 0 heterocycles. The molecule has 0 atom stereocenters. The lowest BCUT2D eigenvalue weighted by atomic mass is 9.67. The highest BCUT2D eigenvalue weighted by Crippen LogP contribution is 2.56. The summed E-state index contributed by atoms with van der Waals surface area (Å²) in [4.78, 5) is 0. The molecule has 0 bridgehead atoms. The Bertz CT molecular complexity index is 953. The van der Waals surface area contributed by atoms with Crippen molar-refractivity contribution < 1.29 is 0 Å². The Morgan fingerprint density at radius 1 is 0.815 bits per heavy atom. The van der Waals surface area contributed by atoms with Gasteiger partial charge in [-0.25, -0.2) is 0 Å². The maximum Gasteiger partial charge on any atom is 0.0668 e. The van der Waals surface area contributed by atoms with Crippen LogP contribution in [0.3, 0.4) is 0 Å². The molecule has 0 aromatic heterocycles. The van der Waals surface area contributed by atoms with Gasteiger partial charge in [0.15, 0.2) is 0 Å². The van der Waals surface area contributed by atoms with Crippen LogP contribution in [0.25, 0.3) is 11.1 Å². The van der Waals surface area contributed by atoms with Crippen LogP contribution >= 0.6 is 0 Å². The molecule has 2 heteroatoms. The first-order valence-corrected chi connectivity index (χ1v) is 9.01. The lowest BCUT2D eigenvalue weighted by molar-refractivity contribution is 0.747. The molecule has 2 aromatic carbocycles. The third-order valence-corrected chi connectivity index (χ3v) is 5.12. The van der Waals surface area contributed by atoms with Gasteiger partial charge < -0.3 is 11.5 Å². The van der Waals surface area contributed by atoms with Crippen molar-refractivity contribution in [2.45, 2.75) is 19.3 Å². The molecule has 0 saturated heterocycles. The fraction of sp³-hybridized carbons (Fsp3) is 0.120. The van der Waals surface area contributed by atoms with Gasteiger partial charge >= 0.3 is 0 Å². The van der Waals surface area contributed by atoms with Gasteiger partial charge in [-0.1, -0.05) is 79.4 Å². The summed E-state index contributed by atoms with van der Waals surface area (Å²) < 4.78 is 0. The van der Waals surface area contributed by atoms with E-state index in [-0.39, 0.29) is 0 Å². The molecule has 0 radical (unpaired) electrons. The predicted molar refractivity (Wildman–Crippen MR) is 116 cm³/mol. The van der Waals surface area contributed by atoms with Crippen molar-refractivity contribution in [3.8, 4) is 11.1 Å². The third kappa shape index (κ3) is 3.04. The van der Waals surface area contributed by atoms with Crippen molar-refractivity contribution in [3.05, 3.63) is 120 Å². The average molecular weight is 354 g/mol. The number of rotatable bonds is 5. The molecule has 0 fully saturated rings. The van der Waals surface area contributed by atoms with Crippen LogP contribution in [-0.4, -0.2) is 0 Å². The highest BCUT2D eigenvalue weighted by Gasteiger charge is 2.45. The van der Waals surface area contributed by atoms with E-state index in [1.807, 2.05) is 25.2 Å². The standard InChI is InChI=1S/C25H26N2/c1-17(13-15-19(3)26)25(18(2)14-16-20(4)27)23-11-7-5-9-21(23)22-10-6-8-12-24(22)25/h5-16H,1,3,26-27H2,2,4H3/b15-13-,18-14+,20-16+. The van der Waals surface area contributed by atoms with Gasteiger partial charge in [0.2, 0.25) is 0 Å². The van der Waals surface area contributed by atoms with Crippen LogP contribution in [0.5, 0.6) is 0 Å². The fourth-order valence-electron chi connectivity index (χ4n) is 3.97. The number of allylic oxidation sites excluding steroid dienone is 7. The monoisotopic (exact) mass is 354 g/mol. The molecule has 0 aliphatic heterocycles. The molecular weight excluding hydrogens is 328 g/mol. The summed E-state index contributed by atoms with van der Waals surface area (Å²) in [5.41, 5.74) is 19.5. The first kappa shape index (κ1) is 18.5. The van der Waals surface area contributed by atoms with E-state index in [9.17, 15) is 0 Å². The molecule has 1 aliphatic rings. The highest BCUT2D eigenvalue weighted by molar-refractivity contribution is 5.86. The van der Waals surface area contributed by atoms with E-state index in [4.69, 9.17) is 11.5 Å². The lowest BCUT2D eigenvalue weighted by Crippen LogP contribution is -2.28. The minimum atomic E-state index is -0.467. The van der Waals surface area contributed by atoms with Crippen molar-refractivity contribution in [2.75, 3.05) is 0 Å². The van der Waals surface area contributed by atoms with Crippen LogP contribution in [0, 0.1) is 0 Å². The number of hydrogen-bond donors (Lipinski definition) is 2. The summed E-state index contributed by atoms with van der Waals surface area (Å²) in [5.74, 6) is 0. The summed E-state index contributed by atoms with van der Waals surface area (Å²) in [5, 5.41) is 0. The topological polar surface area (TPSA) is 52.0 Å². The first-order chi connectivity index (χ1) is 12.9. The second kappa shape index (κ2) is 7.16. The molecule has 2 nitrogen and oxygen atoms in total. The van der Waals surface area contributed by atoms with E-state index in [0.717, 1.165) is 16.8 Å². The molecule has 3 rings (SSSR count). The zero-order chi connectivity index (χ0) is 19.6. The molecule has 2 aromatic rings. The minimum absolute atomic E-state index is 0.467. The normalized spacial score (nSPS) is 15.5. The summed E-state index contributed by atoms with van der Waals surface area (Å²) in [6.45, 7) is 12.3. The Hall–Kier alpha value is -3.26. The molecule has 4 N–H and O–H groups in total. The lowest BCUT2D eigenvalue weighted by Gasteiger charge is -2.34. The number of hydrogen-bond acceptors (Lipinski definition) is 2. The van der Waals surface area contributed by atoms with E-state index in [0.29, 0.717) is 5.70 Å². The van der Waals surface area contributed by atoms with E-state index < -0.39 is 5.41 Å². The van der Waals surface area contributed by atoms with Crippen molar-refractivity contribution in [3.63, 3.8) is 0 Å². The Balaban J connectivity index is 2.37. The van der Waals surface area contributed by atoms with Gasteiger partial charge in [0.1, 0.15) is 0 Å². The van der Waals surface area contributed by atoms with E-state index >= 15 is 0 Å². The van der Waals surface area contributed by atoms with Crippen molar-refractivity contribution >= 4 is 0 Å². The molecule has 1 aliphatic carbocycles. The maximum atomic E-state index is 5.90. The Labute approximate surface area is 161 Å². The van der Waals surface area contributed by atoms with E-state index in [1.165, 1.54) is 22.3 Å². The average Bonchev–Trinajstić information content (AvgIpc) is 2.96. The Morgan fingerprint density at radius 3 is 1.81 bits per heavy atom. The summed E-state index contributed by atoms with van der Waals surface area (Å²) in [6, 6.07) is 17.0. The largest absolute Gasteiger partial charge is 0.402 e. The summed E-state index contributed by atoms with van der Waals surface area (Å²) in [7, 11) is 0. The Kier molecular flexibility index (Phi) is 4.91. The van der Waals surface area contributed by atoms with Gasteiger partial charge in [0, 0.05) is 11.4 Å². The highest BCUT2D eigenvalue weighted by atomic mass is 14.5. The second-order valence-corrected chi connectivity index (χ2v) is 7.04. The van der Waals surface area contributed by atoms with E-state index in [2.05, 4.69) is 74.7 Å². The number of benzene rings is 2. The SMILES string of the molecule is C=C(N)/C=C\C(=C)C1(/C(C)=C/C=C(\C)N)c2ccccc2-c2ccccc21. The van der Waals surface area contributed by atoms with Crippen LogP contribution in [0.2, 0.25) is 0 Å². The quantitative estimate of drug-likeness (QED) is 0.711. The minimum Gasteiger partial charge on any atom is -0.402 e. The van der Waals surface area contributed by atoms with Gasteiger partial charge in [-0.05, 0) is 53.8 Å². The second-order valence-electron chi connectivity index (χ2n) is 7.04. The molecule has 0 amide bonds. The third-order valence-electron chi connectivity index (χ3n) is 5.12. The molecular formula is C25H26N2. The Morgan fingerprint density at radius 2 is 1.33 bits per heavy atom. The zero-order valence-electron chi connectivity index (χ0n) is 16.0. The van der Waals surface area contributed by atoms with Crippen molar-refractivity contribution in [1.29, 1.82) is 0 Å². The number of fused-ring (bicyclic) bond motifs is 3. The molecule has 27 heavy (non-hydrogen) atoms. The predicted octanol–water partition coefficient (Wildman–Crippen LogP) is 5.35. The van der Waals surface area contributed by atoms with Crippen LogP contribution < -0.4 is 11.5 Å². The number of nitrogens with two attached hydrogens (primary N) is 2. The van der Waals surface area contributed by atoms with Gasteiger partial charge in [0.25, 0.3) is 0 Å². The van der Waals surface area contributed by atoms with Crippen molar-refractivity contribution in [1.82, 2.24) is 0 Å². The van der Waals surface area contributed by atoms with Crippen LogP contribution in [0.4, 0.5) is 0 Å². The molecule has 136 valence electrons. The van der Waals surface area contributed by atoms with Crippen LogP contribution in [0.1, 0.15) is 25.0 Å². The van der Waals surface area contributed by atoms with Gasteiger partial charge in [0.05, 0.1) is 5.41 Å². The zero-order valence-corrected chi connectivity index (χ0v) is 16.0. The van der Waals surface area contributed by atoms with Crippen LogP contribution in [-0.2, 0) is 5.41 Å². The van der Waals surface area contributed by atoms with E-state index in [1.54, 1.807) is 0 Å². The van der Waals surface area contributed by atoms with Gasteiger partial charge in [-0.3, -0.25) is 0 Å². The fourth-order valence-corrected chi connectivity index (χ4v) is 3.97. The van der Waals surface area contributed by atoms with Crippen molar-refractivity contribution in [2.24, 2.45) is 11.5 Å².